The molecule has 4 aromatic rings. The number of anilines is 4. The summed E-state index contributed by atoms with van der Waals surface area (Å²) >= 11 is 0. The van der Waals surface area contributed by atoms with Crippen LogP contribution in [-0.4, -0.2) is 62.4 Å². The SMILES string of the molecule is CCC(=O)N1CC(CC(=O)Nc2cccc(S(=O)(=O)Nc3nc4ccccc4nc3Nc3cc(OC)cc(OC)c3)c2)C1. The number of para-hydroxylation sites is 2. The van der Waals surface area contributed by atoms with E-state index in [0.29, 0.717) is 53.4 Å². The van der Waals surface area contributed by atoms with Gasteiger partial charge in [0.15, 0.2) is 11.6 Å². The number of fused-ring (bicyclic) bond motifs is 1. The Bertz CT molecular complexity index is 1750. The average molecular weight is 605 g/mol. The Labute approximate surface area is 249 Å². The summed E-state index contributed by atoms with van der Waals surface area (Å²) in [5.41, 5.74) is 1.92. The summed E-state index contributed by atoms with van der Waals surface area (Å²) in [5.74, 6) is 1.09. The van der Waals surface area contributed by atoms with Crippen molar-refractivity contribution < 1.29 is 27.5 Å². The molecule has 12 nitrogen and oxygen atoms in total. The van der Waals surface area contributed by atoms with Gasteiger partial charge in [0.2, 0.25) is 11.8 Å². The number of aromatic nitrogens is 2. The van der Waals surface area contributed by atoms with Crippen molar-refractivity contribution in [3.8, 4) is 11.5 Å². The Hall–Kier alpha value is -4.91. The molecule has 13 heteroatoms. The third kappa shape index (κ3) is 6.95. The summed E-state index contributed by atoms with van der Waals surface area (Å²) in [5, 5.41) is 5.89. The molecule has 2 amide bonds. The smallest absolute Gasteiger partial charge is 0.263 e. The Morgan fingerprint density at radius 1 is 0.884 bits per heavy atom. The maximum absolute atomic E-state index is 13.5. The van der Waals surface area contributed by atoms with E-state index in [4.69, 9.17) is 9.47 Å². The fourth-order valence-corrected chi connectivity index (χ4v) is 5.76. The van der Waals surface area contributed by atoms with Crippen LogP contribution in [0.25, 0.3) is 11.0 Å². The van der Waals surface area contributed by atoms with Gasteiger partial charge in [-0.1, -0.05) is 25.1 Å². The fourth-order valence-electron chi connectivity index (χ4n) is 4.70. The highest BCUT2D eigenvalue weighted by molar-refractivity contribution is 7.92. The molecule has 1 saturated heterocycles. The largest absolute Gasteiger partial charge is 0.497 e. The lowest BCUT2D eigenvalue weighted by Crippen LogP contribution is -2.50. The summed E-state index contributed by atoms with van der Waals surface area (Å²) in [6, 6.07) is 18.2. The first-order valence-corrected chi connectivity index (χ1v) is 15.1. The van der Waals surface area contributed by atoms with Crippen LogP contribution < -0.4 is 24.8 Å². The fraction of sp³-hybridized carbons (Fsp3) is 0.267. The number of benzene rings is 3. The number of methoxy groups -OCH3 is 2. The van der Waals surface area contributed by atoms with Crippen molar-refractivity contribution in [1.82, 2.24) is 14.9 Å². The van der Waals surface area contributed by atoms with Crippen LogP contribution in [-0.2, 0) is 19.6 Å². The summed E-state index contributed by atoms with van der Waals surface area (Å²) < 4.78 is 40.3. The standard InChI is InChI=1S/C30H32N6O6S/c1-4-28(38)36-17-19(18-36)12-27(37)31-20-8-7-9-24(15-20)43(39,40)35-30-29(33-25-10-5-6-11-26(25)34-30)32-21-13-22(41-2)16-23(14-21)42-3/h5-11,13-16,19H,4,12,17-18H2,1-3H3,(H,31,37)(H,32,33)(H,34,35). The minimum absolute atomic E-state index is 0.0221. The third-order valence-corrected chi connectivity index (χ3v) is 8.27. The molecule has 1 aromatic heterocycles. The first kappa shape index (κ1) is 29.6. The van der Waals surface area contributed by atoms with Gasteiger partial charge in [0, 0.05) is 61.4 Å². The van der Waals surface area contributed by atoms with Gasteiger partial charge >= 0.3 is 0 Å². The molecule has 0 aliphatic carbocycles. The summed E-state index contributed by atoms with van der Waals surface area (Å²) in [6.45, 7) is 2.90. The van der Waals surface area contributed by atoms with E-state index in [-0.39, 0.29) is 40.7 Å². The molecule has 2 heterocycles. The van der Waals surface area contributed by atoms with E-state index in [1.165, 1.54) is 26.4 Å². The monoisotopic (exact) mass is 604 g/mol. The first-order valence-electron chi connectivity index (χ1n) is 13.6. The molecular weight excluding hydrogens is 572 g/mol. The zero-order chi connectivity index (χ0) is 30.6. The van der Waals surface area contributed by atoms with Gasteiger partial charge in [-0.3, -0.25) is 14.3 Å². The lowest BCUT2D eigenvalue weighted by Gasteiger charge is -2.38. The molecule has 3 aromatic carbocycles. The quantitative estimate of drug-likeness (QED) is 0.226. The highest BCUT2D eigenvalue weighted by atomic mass is 32.2. The van der Waals surface area contributed by atoms with Gasteiger partial charge in [-0.05, 0) is 30.3 Å². The van der Waals surface area contributed by atoms with Crippen LogP contribution in [0.5, 0.6) is 11.5 Å². The van der Waals surface area contributed by atoms with Gasteiger partial charge in [0.25, 0.3) is 10.0 Å². The topological polar surface area (TPSA) is 152 Å². The average Bonchev–Trinajstić information content (AvgIpc) is 2.98. The van der Waals surface area contributed by atoms with Gasteiger partial charge in [-0.25, -0.2) is 18.4 Å². The van der Waals surface area contributed by atoms with E-state index in [0.717, 1.165) is 0 Å². The minimum Gasteiger partial charge on any atom is -0.497 e. The minimum atomic E-state index is -4.15. The van der Waals surface area contributed by atoms with Gasteiger partial charge in [0.05, 0.1) is 30.1 Å². The predicted molar refractivity (Wildman–Crippen MR) is 163 cm³/mol. The van der Waals surface area contributed by atoms with Gasteiger partial charge < -0.3 is 25.0 Å². The van der Waals surface area contributed by atoms with Gasteiger partial charge in [-0.15, -0.1) is 0 Å². The predicted octanol–water partition coefficient (Wildman–Crippen LogP) is 4.39. The number of nitrogens with one attached hydrogen (secondary N) is 3. The van der Waals surface area contributed by atoms with E-state index in [2.05, 4.69) is 25.3 Å². The van der Waals surface area contributed by atoms with Gasteiger partial charge in [0.1, 0.15) is 11.5 Å². The number of amides is 2. The lowest BCUT2D eigenvalue weighted by molar-refractivity contribution is -0.138. The van der Waals surface area contributed by atoms with Crippen molar-refractivity contribution in [2.75, 3.05) is 42.7 Å². The Balaban J connectivity index is 1.36. The molecule has 224 valence electrons. The highest BCUT2D eigenvalue weighted by Crippen LogP contribution is 2.32. The Morgan fingerprint density at radius 2 is 1.53 bits per heavy atom. The molecule has 0 bridgehead atoms. The van der Waals surface area contributed by atoms with E-state index in [9.17, 15) is 18.0 Å². The second-order valence-corrected chi connectivity index (χ2v) is 11.7. The van der Waals surface area contributed by atoms with E-state index >= 15 is 0 Å². The van der Waals surface area contributed by atoms with Gasteiger partial charge in [-0.2, -0.15) is 0 Å². The number of nitrogens with zero attached hydrogens (tertiary/aromatic N) is 3. The summed E-state index contributed by atoms with van der Waals surface area (Å²) in [7, 11) is -1.10. The molecule has 3 N–H and O–H groups in total. The van der Waals surface area contributed by atoms with Crippen LogP contribution in [0.4, 0.5) is 23.0 Å². The zero-order valence-corrected chi connectivity index (χ0v) is 24.8. The third-order valence-electron chi connectivity index (χ3n) is 6.93. The molecule has 43 heavy (non-hydrogen) atoms. The van der Waals surface area contributed by atoms with Crippen molar-refractivity contribution >= 4 is 55.9 Å². The number of hydrogen-bond donors (Lipinski definition) is 3. The molecule has 0 atom stereocenters. The lowest BCUT2D eigenvalue weighted by atomic mass is 9.95. The molecule has 1 aliphatic rings. The number of ether oxygens (including phenoxy) is 2. The number of hydrogen-bond acceptors (Lipinski definition) is 9. The van der Waals surface area contributed by atoms with Crippen molar-refractivity contribution in [3.05, 3.63) is 66.7 Å². The van der Waals surface area contributed by atoms with Crippen molar-refractivity contribution in [1.29, 1.82) is 0 Å². The van der Waals surface area contributed by atoms with Crippen LogP contribution >= 0.6 is 0 Å². The van der Waals surface area contributed by atoms with Crippen molar-refractivity contribution in [2.24, 2.45) is 5.92 Å². The molecule has 0 spiro atoms. The number of rotatable bonds is 11. The molecule has 1 aliphatic heterocycles. The molecule has 5 rings (SSSR count). The van der Waals surface area contributed by atoms with Crippen molar-refractivity contribution in [2.45, 2.75) is 24.7 Å². The molecule has 0 saturated carbocycles. The van der Waals surface area contributed by atoms with Crippen LogP contribution in [0.15, 0.2) is 71.6 Å². The number of carbonyl (C=O) groups is 2. The zero-order valence-electron chi connectivity index (χ0n) is 24.0. The number of carbonyl (C=O) groups excluding carboxylic acids is 2. The van der Waals surface area contributed by atoms with Crippen molar-refractivity contribution in [3.63, 3.8) is 0 Å². The van der Waals surface area contributed by atoms with Crippen LogP contribution in [0.1, 0.15) is 19.8 Å². The summed E-state index contributed by atoms with van der Waals surface area (Å²) in [4.78, 5) is 35.2. The van der Waals surface area contributed by atoms with Crippen LogP contribution in [0.2, 0.25) is 0 Å². The maximum atomic E-state index is 13.5. The second kappa shape index (κ2) is 12.5. The molecule has 1 fully saturated rings. The van der Waals surface area contributed by atoms with E-state index in [1.807, 2.05) is 6.07 Å². The Kier molecular flexibility index (Phi) is 8.62. The second-order valence-electron chi connectivity index (χ2n) is 10.0. The Morgan fingerprint density at radius 3 is 2.16 bits per heavy atom. The highest BCUT2D eigenvalue weighted by Gasteiger charge is 2.31. The maximum Gasteiger partial charge on any atom is 0.263 e. The number of likely N-dealkylation sites (tertiary alicyclic amines) is 1. The number of sulfonamides is 1. The molecule has 0 unspecified atom stereocenters. The molecular formula is C30H32N6O6S. The molecule has 0 radical (unpaired) electrons. The normalized spacial score (nSPS) is 13.2. The van der Waals surface area contributed by atoms with E-state index in [1.54, 1.807) is 60.4 Å². The summed E-state index contributed by atoms with van der Waals surface area (Å²) in [6.07, 6.45) is 0.672. The first-order chi connectivity index (χ1) is 20.7. The van der Waals surface area contributed by atoms with E-state index < -0.39 is 10.0 Å². The van der Waals surface area contributed by atoms with Crippen LogP contribution in [0, 0.1) is 5.92 Å². The van der Waals surface area contributed by atoms with Crippen LogP contribution in [0.3, 0.4) is 0 Å².